The quantitative estimate of drug-likeness (QED) is 0.621. The van der Waals surface area contributed by atoms with Gasteiger partial charge in [0.05, 0.1) is 11.9 Å². The van der Waals surface area contributed by atoms with Crippen LogP contribution in [0.15, 0.2) is 48.8 Å². The molecule has 1 N–H and O–H groups in total. The average Bonchev–Trinajstić information content (AvgIpc) is 2.63. The second-order valence-electron chi connectivity index (χ2n) is 6.57. The molecule has 3 aromatic rings. The van der Waals surface area contributed by atoms with Gasteiger partial charge in [-0.3, -0.25) is 0 Å². The molecule has 0 unspecified atom stereocenters. The molecule has 1 fully saturated rings. The number of hydrogen-bond donors (Lipinski definition) is 1. The average molecular weight is 370 g/mol. The monoisotopic (exact) mass is 369 g/mol. The molecule has 0 bridgehead atoms. The van der Waals surface area contributed by atoms with Gasteiger partial charge in [0.1, 0.15) is 28.9 Å². The van der Waals surface area contributed by atoms with Crippen LogP contribution in [0.5, 0.6) is 5.75 Å². The lowest BCUT2D eigenvalue weighted by molar-refractivity contribution is -0.0981. The Bertz CT molecular complexity index is 905. The van der Waals surface area contributed by atoms with E-state index in [0.717, 1.165) is 40.9 Å². The molecule has 0 atom stereocenters. The van der Waals surface area contributed by atoms with E-state index in [1.807, 2.05) is 30.3 Å². The number of pyridine rings is 2. The van der Waals surface area contributed by atoms with Gasteiger partial charge in [-0.2, -0.15) is 0 Å². The number of aromatic nitrogens is 2. The largest absolute Gasteiger partial charge is 0.491 e. The fraction of sp³-hybridized carbons (Fsp3) is 0.300. The number of halogens is 1. The minimum absolute atomic E-state index is 0.110. The predicted molar refractivity (Wildman–Crippen MR) is 103 cm³/mol. The lowest BCUT2D eigenvalue weighted by atomic mass is 9.81. The molecule has 2 heterocycles. The summed E-state index contributed by atoms with van der Waals surface area (Å²) in [5.41, 5.74) is 0.725. The van der Waals surface area contributed by atoms with Crippen molar-refractivity contribution in [1.29, 1.82) is 0 Å². The summed E-state index contributed by atoms with van der Waals surface area (Å²) in [7, 11) is 1.76. The van der Waals surface area contributed by atoms with Gasteiger partial charge < -0.3 is 14.8 Å². The SMILES string of the molecule is COC1(COc2ccc3c(Nc4ccc(Cl)nc4)nccc3c2)CCC1. The molecule has 1 aliphatic carbocycles. The maximum atomic E-state index is 5.99. The van der Waals surface area contributed by atoms with Crippen LogP contribution in [0.25, 0.3) is 10.8 Å². The van der Waals surface area contributed by atoms with Crippen LogP contribution in [0.1, 0.15) is 19.3 Å². The van der Waals surface area contributed by atoms with E-state index in [1.165, 1.54) is 6.42 Å². The number of benzene rings is 1. The van der Waals surface area contributed by atoms with Crippen LogP contribution in [0.3, 0.4) is 0 Å². The van der Waals surface area contributed by atoms with E-state index in [2.05, 4.69) is 15.3 Å². The molecular formula is C20H20ClN3O2. The predicted octanol–water partition coefficient (Wildman–Crippen LogP) is 4.97. The van der Waals surface area contributed by atoms with Gasteiger partial charge in [0.25, 0.3) is 0 Å². The molecule has 2 aromatic heterocycles. The van der Waals surface area contributed by atoms with Gasteiger partial charge in [0.15, 0.2) is 0 Å². The number of methoxy groups -OCH3 is 1. The molecule has 0 aliphatic heterocycles. The number of nitrogens with one attached hydrogen (secondary N) is 1. The summed E-state index contributed by atoms with van der Waals surface area (Å²) in [4.78, 5) is 8.52. The molecule has 0 spiro atoms. The number of anilines is 2. The van der Waals surface area contributed by atoms with Gasteiger partial charge in [0.2, 0.25) is 0 Å². The topological polar surface area (TPSA) is 56.3 Å². The highest BCUT2D eigenvalue weighted by atomic mass is 35.5. The Morgan fingerprint density at radius 2 is 2.04 bits per heavy atom. The Morgan fingerprint density at radius 3 is 2.73 bits per heavy atom. The zero-order valence-electron chi connectivity index (χ0n) is 14.5. The first-order chi connectivity index (χ1) is 12.7. The smallest absolute Gasteiger partial charge is 0.138 e. The molecule has 1 aromatic carbocycles. The molecule has 0 radical (unpaired) electrons. The number of hydrogen-bond acceptors (Lipinski definition) is 5. The fourth-order valence-electron chi connectivity index (χ4n) is 3.13. The summed E-state index contributed by atoms with van der Waals surface area (Å²) in [5.74, 6) is 1.61. The van der Waals surface area contributed by atoms with Crippen LogP contribution < -0.4 is 10.1 Å². The number of fused-ring (bicyclic) bond motifs is 1. The molecule has 5 nitrogen and oxygen atoms in total. The van der Waals surface area contributed by atoms with Crippen LogP contribution in [0.4, 0.5) is 11.5 Å². The van der Waals surface area contributed by atoms with Gasteiger partial charge in [-0.25, -0.2) is 9.97 Å². The van der Waals surface area contributed by atoms with Crippen LogP contribution in [-0.4, -0.2) is 29.3 Å². The maximum Gasteiger partial charge on any atom is 0.138 e. The van der Waals surface area contributed by atoms with Crippen molar-refractivity contribution in [3.8, 4) is 5.75 Å². The van der Waals surface area contributed by atoms with E-state index in [4.69, 9.17) is 21.1 Å². The molecule has 0 amide bonds. The van der Waals surface area contributed by atoms with Crippen molar-refractivity contribution < 1.29 is 9.47 Å². The van der Waals surface area contributed by atoms with Crippen molar-refractivity contribution in [2.75, 3.05) is 19.0 Å². The van der Waals surface area contributed by atoms with Gasteiger partial charge in [-0.1, -0.05) is 11.6 Å². The Labute approximate surface area is 157 Å². The molecule has 26 heavy (non-hydrogen) atoms. The molecule has 6 heteroatoms. The summed E-state index contributed by atoms with van der Waals surface area (Å²) < 4.78 is 11.6. The summed E-state index contributed by atoms with van der Waals surface area (Å²) in [6.07, 6.45) is 6.78. The van der Waals surface area contributed by atoms with Gasteiger partial charge in [0, 0.05) is 18.7 Å². The van der Waals surface area contributed by atoms with E-state index in [-0.39, 0.29) is 5.60 Å². The molecule has 1 aliphatic rings. The van der Waals surface area contributed by atoms with Gasteiger partial charge in [-0.15, -0.1) is 0 Å². The first-order valence-electron chi connectivity index (χ1n) is 8.63. The Balaban J connectivity index is 1.54. The molecule has 4 rings (SSSR count). The molecular weight excluding hydrogens is 350 g/mol. The van der Waals surface area contributed by atoms with E-state index in [0.29, 0.717) is 11.8 Å². The normalized spacial score (nSPS) is 15.5. The highest BCUT2D eigenvalue weighted by Gasteiger charge is 2.37. The minimum atomic E-state index is -0.110. The van der Waals surface area contributed by atoms with Crippen LogP contribution in [-0.2, 0) is 4.74 Å². The summed E-state index contributed by atoms with van der Waals surface area (Å²) in [6.45, 7) is 0.585. The third-order valence-corrected chi connectivity index (χ3v) is 5.15. The van der Waals surface area contributed by atoms with E-state index in [1.54, 1.807) is 25.6 Å². The Kier molecular flexibility index (Phi) is 4.66. The van der Waals surface area contributed by atoms with Gasteiger partial charge in [-0.05, 0) is 61.0 Å². The zero-order valence-corrected chi connectivity index (χ0v) is 15.3. The van der Waals surface area contributed by atoms with E-state index >= 15 is 0 Å². The fourth-order valence-corrected chi connectivity index (χ4v) is 3.24. The second kappa shape index (κ2) is 7.09. The number of nitrogens with zero attached hydrogens (tertiary/aromatic N) is 2. The van der Waals surface area contributed by atoms with E-state index in [9.17, 15) is 0 Å². The van der Waals surface area contributed by atoms with Crippen molar-refractivity contribution in [3.05, 3.63) is 53.9 Å². The molecule has 0 saturated heterocycles. The number of ether oxygens (including phenoxy) is 2. The first kappa shape index (κ1) is 17.1. The highest BCUT2D eigenvalue weighted by molar-refractivity contribution is 6.29. The van der Waals surface area contributed by atoms with Crippen molar-refractivity contribution in [2.45, 2.75) is 24.9 Å². The van der Waals surface area contributed by atoms with Crippen LogP contribution in [0, 0.1) is 0 Å². The van der Waals surface area contributed by atoms with Crippen molar-refractivity contribution in [2.24, 2.45) is 0 Å². The van der Waals surface area contributed by atoms with Crippen molar-refractivity contribution >= 4 is 33.9 Å². The van der Waals surface area contributed by atoms with E-state index < -0.39 is 0 Å². The maximum absolute atomic E-state index is 5.99. The molecule has 1 saturated carbocycles. The van der Waals surface area contributed by atoms with Crippen molar-refractivity contribution in [1.82, 2.24) is 9.97 Å². The lowest BCUT2D eigenvalue weighted by Gasteiger charge is -2.39. The summed E-state index contributed by atoms with van der Waals surface area (Å²) in [6, 6.07) is 11.6. The first-order valence-corrected chi connectivity index (χ1v) is 9.01. The number of rotatable bonds is 6. The minimum Gasteiger partial charge on any atom is -0.491 e. The third kappa shape index (κ3) is 3.45. The Morgan fingerprint density at radius 1 is 1.15 bits per heavy atom. The highest BCUT2D eigenvalue weighted by Crippen LogP contribution is 2.36. The van der Waals surface area contributed by atoms with Gasteiger partial charge >= 0.3 is 0 Å². The Hall–Kier alpha value is -2.37. The van der Waals surface area contributed by atoms with Crippen LogP contribution >= 0.6 is 11.6 Å². The zero-order chi connectivity index (χ0) is 18.0. The van der Waals surface area contributed by atoms with Crippen LogP contribution in [0.2, 0.25) is 5.15 Å². The second-order valence-corrected chi connectivity index (χ2v) is 6.95. The summed E-state index contributed by atoms with van der Waals surface area (Å²) in [5, 5.41) is 5.82. The molecule has 134 valence electrons. The van der Waals surface area contributed by atoms with Crippen molar-refractivity contribution in [3.63, 3.8) is 0 Å². The summed E-state index contributed by atoms with van der Waals surface area (Å²) >= 11 is 5.84. The third-order valence-electron chi connectivity index (χ3n) is 4.93. The lowest BCUT2D eigenvalue weighted by Crippen LogP contribution is -2.44. The standard InChI is InChI=1S/C20H20ClN3O2/c1-25-20(8-2-9-20)13-26-16-4-5-17-14(11-16)7-10-22-19(17)24-15-3-6-18(21)23-12-15/h3-7,10-12H,2,8-9,13H2,1H3,(H,22,24).